The van der Waals surface area contributed by atoms with E-state index in [1.807, 2.05) is 41.5 Å². The molecule has 1 aliphatic rings. The second-order valence-corrected chi connectivity index (χ2v) is 8.54. The third-order valence-corrected chi connectivity index (χ3v) is 3.82. The number of nitrogens with zero attached hydrogens (tertiary/aromatic N) is 1. The van der Waals surface area contributed by atoms with Crippen LogP contribution in [0, 0.1) is 6.92 Å². The Morgan fingerprint density at radius 1 is 1.20 bits per heavy atom. The summed E-state index contributed by atoms with van der Waals surface area (Å²) in [6.45, 7) is 13.9. The molecule has 0 radical (unpaired) electrons. The van der Waals surface area contributed by atoms with Gasteiger partial charge in [-0.2, -0.15) is 0 Å². The van der Waals surface area contributed by atoms with Crippen LogP contribution in [0.5, 0.6) is 0 Å². The van der Waals surface area contributed by atoms with Gasteiger partial charge in [0.05, 0.1) is 23.9 Å². The molecule has 3 atom stereocenters. The smallest absolute Gasteiger partial charge is 0.330 e. The molecule has 7 heteroatoms. The van der Waals surface area contributed by atoms with Gasteiger partial charge in [-0.1, -0.05) is 0 Å². The highest BCUT2D eigenvalue weighted by Gasteiger charge is 2.40. The highest BCUT2D eigenvalue weighted by atomic mass is 16.6. The topological polar surface area (TPSA) is 82.6 Å². The Hall–Kier alpha value is -1.44. The molecule has 2 rings (SSSR count). The maximum absolute atomic E-state index is 12.2. The Labute approximate surface area is 148 Å². The molecule has 2 heterocycles. The molecule has 142 valence electrons. The molecule has 1 N–H and O–H groups in total. The van der Waals surface area contributed by atoms with Crippen LogP contribution in [-0.4, -0.2) is 39.6 Å². The lowest BCUT2D eigenvalue weighted by atomic mass is 10.1. The van der Waals surface area contributed by atoms with E-state index in [0.29, 0.717) is 18.6 Å². The summed E-state index contributed by atoms with van der Waals surface area (Å²) in [5, 5.41) is 0. The van der Waals surface area contributed by atoms with Gasteiger partial charge in [-0.3, -0.25) is 14.3 Å². The number of rotatable bonds is 4. The number of hydrogen-bond donors (Lipinski definition) is 1. The highest BCUT2D eigenvalue weighted by Crippen LogP contribution is 2.33. The first kappa shape index (κ1) is 19.9. The van der Waals surface area contributed by atoms with Crippen LogP contribution in [0.1, 0.15) is 59.8 Å². The molecule has 1 aromatic heterocycles. The second-order valence-electron chi connectivity index (χ2n) is 8.54. The molecule has 0 aromatic carbocycles. The van der Waals surface area contributed by atoms with Crippen molar-refractivity contribution < 1.29 is 14.2 Å². The number of aromatic nitrogens is 2. The number of hydrogen-bond acceptors (Lipinski definition) is 5. The van der Waals surface area contributed by atoms with Gasteiger partial charge in [0, 0.05) is 18.2 Å². The van der Waals surface area contributed by atoms with Crippen molar-refractivity contribution in [3.8, 4) is 0 Å². The Kier molecular flexibility index (Phi) is 5.61. The van der Waals surface area contributed by atoms with Crippen molar-refractivity contribution >= 4 is 0 Å². The van der Waals surface area contributed by atoms with Crippen LogP contribution in [0.3, 0.4) is 0 Å². The van der Waals surface area contributed by atoms with Crippen molar-refractivity contribution in [2.45, 2.75) is 84.5 Å². The molecule has 0 bridgehead atoms. The molecule has 1 saturated heterocycles. The first-order valence-electron chi connectivity index (χ1n) is 8.65. The van der Waals surface area contributed by atoms with Gasteiger partial charge in [-0.25, -0.2) is 4.79 Å². The molecular weight excluding hydrogens is 324 g/mol. The van der Waals surface area contributed by atoms with Crippen LogP contribution in [0.2, 0.25) is 0 Å². The third-order valence-electron chi connectivity index (χ3n) is 3.82. The number of aromatic amines is 1. The second kappa shape index (κ2) is 7.05. The fourth-order valence-corrected chi connectivity index (χ4v) is 2.73. The van der Waals surface area contributed by atoms with E-state index in [4.69, 9.17) is 14.2 Å². The van der Waals surface area contributed by atoms with Crippen LogP contribution in [0.15, 0.2) is 15.8 Å². The summed E-state index contributed by atoms with van der Waals surface area (Å²) in [5.74, 6) is 0. The standard InChI is InChI=1S/C18H30N2O5/c1-11-9-20(16(22)19-15(11)21)14-8-12(25-18(5,6)7)13(24-14)10-23-17(2,3)4/h9,12-14H,8,10H2,1-7H3,(H,19,21,22)/t12-,13-,14-/m1/s1. The molecule has 0 saturated carbocycles. The Balaban J connectivity index is 2.23. The van der Waals surface area contributed by atoms with Crippen molar-refractivity contribution in [3.05, 3.63) is 32.6 Å². The normalized spacial score (nSPS) is 24.7. The maximum Gasteiger partial charge on any atom is 0.330 e. The van der Waals surface area contributed by atoms with Gasteiger partial charge in [0.15, 0.2) is 0 Å². The average molecular weight is 354 g/mol. The van der Waals surface area contributed by atoms with E-state index in [2.05, 4.69) is 4.98 Å². The third kappa shape index (κ3) is 5.52. The number of aryl methyl sites for hydroxylation is 1. The lowest BCUT2D eigenvalue weighted by Gasteiger charge is -2.29. The highest BCUT2D eigenvalue weighted by molar-refractivity contribution is 5.02. The Morgan fingerprint density at radius 3 is 2.40 bits per heavy atom. The number of ether oxygens (including phenoxy) is 3. The molecule has 0 amide bonds. The van der Waals surface area contributed by atoms with Crippen LogP contribution < -0.4 is 11.2 Å². The summed E-state index contributed by atoms with van der Waals surface area (Å²) >= 11 is 0. The largest absolute Gasteiger partial charge is 0.373 e. The van der Waals surface area contributed by atoms with Gasteiger partial charge in [0.1, 0.15) is 12.3 Å². The van der Waals surface area contributed by atoms with Crippen molar-refractivity contribution in [1.29, 1.82) is 0 Å². The minimum Gasteiger partial charge on any atom is -0.373 e. The zero-order valence-electron chi connectivity index (χ0n) is 16.2. The van der Waals surface area contributed by atoms with Crippen molar-refractivity contribution in [2.75, 3.05) is 6.61 Å². The monoisotopic (exact) mass is 354 g/mol. The van der Waals surface area contributed by atoms with Gasteiger partial charge in [-0.15, -0.1) is 0 Å². The van der Waals surface area contributed by atoms with E-state index in [1.165, 1.54) is 10.8 Å². The SMILES string of the molecule is Cc1cn([C@H]2C[C@@H](OC(C)(C)C)[C@@H](COC(C)(C)C)O2)c(=O)[nH]c1=O. The summed E-state index contributed by atoms with van der Waals surface area (Å²) in [6.07, 6.45) is 1.06. The molecule has 25 heavy (non-hydrogen) atoms. The van der Waals surface area contributed by atoms with E-state index in [-0.39, 0.29) is 29.0 Å². The summed E-state index contributed by atoms with van der Waals surface area (Å²) in [7, 11) is 0. The molecule has 7 nitrogen and oxygen atoms in total. The van der Waals surface area contributed by atoms with Crippen LogP contribution >= 0.6 is 0 Å². The van der Waals surface area contributed by atoms with Gasteiger partial charge < -0.3 is 14.2 Å². The van der Waals surface area contributed by atoms with Crippen LogP contribution in [0.4, 0.5) is 0 Å². The fraction of sp³-hybridized carbons (Fsp3) is 0.778. The molecule has 1 fully saturated rings. The van der Waals surface area contributed by atoms with E-state index in [0.717, 1.165) is 0 Å². The quantitative estimate of drug-likeness (QED) is 0.896. The molecule has 1 aliphatic heterocycles. The van der Waals surface area contributed by atoms with Crippen molar-refractivity contribution in [1.82, 2.24) is 9.55 Å². The Morgan fingerprint density at radius 2 is 1.84 bits per heavy atom. The fourth-order valence-electron chi connectivity index (χ4n) is 2.73. The first-order valence-corrected chi connectivity index (χ1v) is 8.65. The predicted molar refractivity (Wildman–Crippen MR) is 94.9 cm³/mol. The molecule has 1 aromatic rings. The Bertz CT molecular complexity index is 708. The summed E-state index contributed by atoms with van der Waals surface area (Å²) in [5.41, 5.74) is -1.03. The van der Waals surface area contributed by atoms with E-state index in [1.54, 1.807) is 6.92 Å². The average Bonchev–Trinajstić information content (AvgIpc) is 2.80. The maximum atomic E-state index is 12.2. The van der Waals surface area contributed by atoms with Crippen LogP contribution in [0.25, 0.3) is 0 Å². The van der Waals surface area contributed by atoms with Gasteiger partial charge in [0.25, 0.3) is 5.56 Å². The van der Waals surface area contributed by atoms with E-state index in [9.17, 15) is 9.59 Å². The van der Waals surface area contributed by atoms with Gasteiger partial charge in [-0.05, 0) is 48.5 Å². The summed E-state index contributed by atoms with van der Waals surface area (Å²) in [6, 6.07) is 0. The first-order chi connectivity index (χ1) is 11.4. The predicted octanol–water partition coefficient (Wildman–Crippen LogP) is 2.13. The van der Waals surface area contributed by atoms with Gasteiger partial charge >= 0.3 is 5.69 Å². The van der Waals surface area contributed by atoms with Crippen molar-refractivity contribution in [2.24, 2.45) is 0 Å². The van der Waals surface area contributed by atoms with Crippen LogP contribution in [-0.2, 0) is 14.2 Å². The van der Waals surface area contributed by atoms with Crippen molar-refractivity contribution in [3.63, 3.8) is 0 Å². The molecule has 0 aliphatic carbocycles. The van der Waals surface area contributed by atoms with Gasteiger partial charge in [0.2, 0.25) is 0 Å². The lowest BCUT2D eigenvalue weighted by molar-refractivity contribution is -0.132. The number of H-pyrrole nitrogens is 1. The summed E-state index contributed by atoms with van der Waals surface area (Å²) in [4.78, 5) is 26.0. The summed E-state index contributed by atoms with van der Waals surface area (Å²) < 4.78 is 19.5. The number of nitrogens with one attached hydrogen (secondary N) is 1. The minimum absolute atomic E-state index is 0.202. The molecule has 0 spiro atoms. The zero-order chi connectivity index (χ0) is 19.0. The van der Waals surface area contributed by atoms with E-state index >= 15 is 0 Å². The van der Waals surface area contributed by atoms with E-state index < -0.39 is 11.9 Å². The zero-order valence-corrected chi connectivity index (χ0v) is 16.2. The minimum atomic E-state index is -0.496. The molecular formula is C18H30N2O5. The lowest BCUT2D eigenvalue weighted by Crippen LogP contribution is -2.37. The molecule has 0 unspecified atom stereocenters.